The van der Waals surface area contributed by atoms with Gasteiger partial charge in [-0.25, -0.2) is 8.42 Å². The van der Waals surface area contributed by atoms with E-state index in [4.69, 9.17) is 16.3 Å². The minimum atomic E-state index is -2.83. The van der Waals surface area contributed by atoms with Crippen molar-refractivity contribution in [1.82, 2.24) is 9.88 Å². The average molecular weight is 412 g/mol. The number of fused-ring (bicyclic) bond motifs is 1. The van der Waals surface area contributed by atoms with Gasteiger partial charge >= 0.3 is 0 Å². The first-order valence-corrected chi connectivity index (χ1v) is 11.8. The quantitative estimate of drug-likeness (QED) is 0.791. The molecule has 4 rings (SSSR count). The fourth-order valence-electron chi connectivity index (χ4n) is 3.83. The van der Waals surface area contributed by atoms with Crippen LogP contribution in [0.4, 0.5) is 5.69 Å². The van der Waals surface area contributed by atoms with Crippen LogP contribution >= 0.6 is 11.6 Å². The molecule has 0 aliphatic carbocycles. The highest BCUT2D eigenvalue weighted by Crippen LogP contribution is 2.30. The average Bonchev–Trinajstić information content (AvgIpc) is 3.05. The second kappa shape index (κ2) is 7.99. The van der Waals surface area contributed by atoms with E-state index in [0.29, 0.717) is 19.1 Å². The number of hydrogen-bond acceptors (Lipinski definition) is 5. The van der Waals surface area contributed by atoms with E-state index in [1.807, 2.05) is 12.1 Å². The van der Waals surface area contributed by atoms with Crippen molar-refractivity contribution in [1.29, 1.82) is 0 Å². The molecule has 1 aromatic heterocycles. The molecule has 0 bridgehead atoms. The third-order valence-corrected chi connectivity index (χ3v) is 7.29. The lowest BCUT2D eigenvalue weighted by Gasteiger charge is -2.26. The van der Waals surface area contributed by atoms with Crippen LogP contribution in [0.2, 0.25) is 5.02 Å². The van der Waals surface area contributed by atoms with Gasteiger partial charge in [-0.15, -0.1) is 0 Å². The molecule has 148 valence electrons. The SMILES string of the molecule is O=S1(=O)CCN(CCc2cc3cc(Cl)cc(NC4CCOCC4)c3[nH]2)CC1. The Balaban J connectivity index is 1.45. The molecular formula is C19H26ClN3O3S. The summed E-state index contributed by atoms with van der Waals surface area (Å²) < 4.78 is 28.6. The Morgan fingerprint density at radius 3 is 2.67 bits per heavy atom. The third kappa shape index (κ3) is 4.77. The summed E-state index contributed by atoms with van der Waals surface area (Å²) in [6.45, 7) is 3.71. The van der Waals surface area contributed by atoms with E-state index < -0.39 is 9.84 Å². The van der Waals surface area contributed by atoms with Crippen molar-refractivity contribution < 1.29 is 13.2 Å². The number of H-pyrrole nitrogens is 1. The lowest BCUT2D eigenvalue weighted by molar-refractivity contribution is 0.0905. The fraction of sp³-hybridized carbons (Fsp3) is 0.579. The first kappa shape index (κ1) is 19.1. The van der Waals surface area contributed by atoms with Gasteiger partial charge in [-0.2, -0.15) is 0 Å². The molecule has 0 unspecified atom stereocenters. The molecule has 27 heavy (non-hydrogen) atoms. The molecule has 0 amide bonds. The Morgan fingerprint density at radius 1 is 1.19 bits per heavy atom. The summed E-state index contributed by atoms with van der Waals surface area (Å²) in [6, 6.07) is 6.52. The molecular weight excluding hydrogens is 386 g/mol. The number of aromatic amines is 1. The third-order valence-electron chi connectivity index (χ3n) is 5.46. The van der Waals surface area contributed by atoms with Crippen LogP contribution in [0.3, 0.4) is 0 Å². The Kier molecular flexibility index (Phi) is 5.64. The van der Waals surface area contributed by atoms with Gasteiger partial charge < -0.3 is 19.9 Å². The molecule has 1 aromatic carbocycles. The van der Waals surface area contributed by atoms with E-state index in [0.717, 1.165) is 66.3 Å². The Morgan fingerprint density at radius 2 is 1.93 bits per heavy atom. The maximum absolute atomic E-state index is 11.6. The number of nitrogens with one attached hydrogen (secondary N) is 2. The first-order chi connectivity index (χ1) is 13.0. The maximum atomic E-state index is 11.6. The summed E-state index contributed by atoms with van der Waals surface area (Å²) in [5, 5.41) is 5.45. The number of sulfone groups is 1. The van der Waals surface area contributed by atoms with E-state index in [9.17, 15) is 8.42 Å². The lowest BCUT2D eigenvalue weighted by atomic mass is 10.1. The van der Waals surface area contributed by atoms with Crippen molar-refractivity contribution in [2.24, 2.45) is 0 Å². The normalized spacial score (nSPS) is 21.5. The predicted molar refractivity (Wildman–Crippen MR) is 110 cm³/mol. The van der Waals surface area contributed by atoms with E-state index in [1.54, 1.807) is 0 Å². The number of halogens is 1. The van der Waals surface area contributed by atoms with Crippen LogP contribution in [0.15, 0.2) is 18.2 Å². The lowest BCUT2D eigenvalue weighted by Crippen LogP contribution is -2.41. The minimum absolute atomic E-state index is 0.272. The molecule has 0 atom stereocenters. The monoisotopic (exact) mass is 411 g/mol. The van der Waals surface area contributed by atoms with Crippen LogP contribution in [0.5, 0.6) is 0 Å². The second-order valence-electron chi connectivity index (χ2n) is 7.49. The van der Waals surface area contributed by atoms with E-state index >= 15 is 0 Å². The highest BCUT2D eigenvalue weighted by atomic mass is 35.5. The van der Waals surface area contributed by atoms with Crippen molar-refractivity contribution >= 4 is 38.0 Å². The van der Waals surface area contributed by atoms with Crippen molar-refractivity contribution in [2.45, 2.75) is 25.3 Å². The zero-order chi connectivity index (χ0) is 18.9. The van der Waals surface area contributed by atoms with Crippen LogP contribution in [0.1, 0.15) is 18.5 Å². The molecule has 2 saturated heterocycles. The molecule has 0 saturated carbocycles. The number of nitrogens with zero attached hydrogens (tertiary/aromatic N) is 1. The number of benzene rings is 1. The molecule has 8 heteroatoms. The van der Waals surface area contributed by atoms with Gasteiger partial charge in [0.25, 0.3) is 0 Å². The summed E-state index contributed by atoms with van der Waals surface area (Å²) in [7, 11) is -2.83. The summed E-state index contributed by atoms with van der Waals surface area (Å²) in [5.41, 5.74) is 3.28. The zero-order valence-electron chi connectivity index (χ0n) is 15.3. The summed E-state index contributed by atoms with van der Waals surface area (Å²) in [5.74, 6) is 0.545. The highest BCUT2D eigenvalue weighted by molar-refractivity contribution is 7.91. The van der Waals surface area contributed by atoms with Crippen molar-refractivity contribution in [3.8, 4) is 0 Å². The van der Waals surface area contributed by atoms with Gasteiger partial charge in [0.15, 0.2) is 9.84 Å². The van der Waals surface area contributed by atoms with Crippen LogP contribution in [0.25, 0.3) is 10.9 Å². The second-order valence-corrected chi connectivity index (χ2v) is 10.2. The topological polar surface area (TPSA) is 74.4 Å². The van der Waals surface area contributed by atoms with E-state index in [1.165, 1.54) is 0 Å². The van der Waals surface area contributed by atoms with Gasteiger partial charge in [0, 0.05) is 61.4 Å². The number of aromatic nitrogens is 1. The van der Waals surface area contributed by atoms with Gasteiger partial charge in [-0.05, 0) is 31.0 Å². The molecule has 6 nitrogen and oxygen atoms in total. The van der Waals surface area contributed by atoms with Crippen LogP contribution in [-0.4, -0.2) is 68.7 Å². The largest absolute Gasteiger partial charge is 0.381 e. The van der Waals surface area contributed by atoms with Gasteiger partial charge in [-0.1, -0.05) is 11.6 Å². The molecule has 2 fully saturated rings. The Bertz CT molecular complexity index is 892. The summed E-state index contributed by atoms with van der Waals surface area (Å²) in [6.07, 6.45) is 2.86. The Hall–Kier alpha value is -1.28. The van der Waals surface area contributed by atoms with Gasteiger partial charge in [0.05, 0.1) is 22.7 Å². The molecule has 0 radical (unpaired) electrons. The zero-order valence-corrected chi connectivity index (χ0v) is 16.9. The standard InChI is InChI=1S/C19H26ClN3O3S/c20-15-11-14-12-17(1-4-23-5-9-27(24,25)10-6-23)22-19(14)18(13-15)21-16-2-7-26-8-3-16/h11-13,16,21-22H,1-10H2. The molecule has 2 N–H and O–H groups in total. The molecule has 2 aromatic rings. The summed E-state index contributed by atoms with van der Waals surface area (Å²) in [4.78, 5) is 5.76. The first-order valence-electron chi connectivity index (χ1n) is 9.57. The van der Waals surface area contributed by atoms with Crippen molar-refractivity contribution in [2.75, 3.05) is 49.7 Å². The molecule has 2 aliphatic heterocycles. The number of ether oxygens (including phenoxy) is 1. The van der Waals surface area contributed by atoms with Crippen LogP contribution in [-0.2, 0) is 21.0 Å². The smallest absolute Gasteiger partial charge is 0.152 e. The number of rotatable bonds is 5. The summed E-state index contributed by atoms with van der Waals surface area (Å²) >= 11 is 6.33. The number of anilines is 1. The van der Waals surface area contributed by atoms with E-state index in [-0.39, 0.29) is 11.5 Å². The minimum Gasteiger partial charge on any atom is -0.381 e. The van der Waals surface area contributed by atoms with E-state index in [2.05, 4.69) is 21.3 Å². The van der Waals surface area contributed by atoms with Gasteiger partial charge in [0.1, 0.15) is 0 Å². The molecule has 2 aliphatic rings. The highest BCUT2D eigenvalue weighted by Gasteiger charge is 2.21. The number of hydrogen-bond donors (Lipinski definition) is 2. The fourth-order valence-corrected chi connectivity index (χ4v) is 5.33. The van der Waals surface area contributed by atoms with Crippen molar-refractivity contribution in [3.63, 3.8) is 0 Å². The van der Waals surface area contributed by atoms with Crippen LogP contribution < -0.4 is 5.32 Å². The maximum Gasteiger partial charge on any atom is 0.152 e. The van der Waals surface area contributed by atoms with Crippen molar-refractivity contribution in [3.05, 3.63) is 28.9 Å². The predicted octanol–water partition coefficient (Wildman–Crippen LogP) is 2.69. The molecule has 0 spiro atoms. The Labute approximate surface area is 165 Å². The van der Waals surface area contributed by atoms with Gasteiger partial charge in [-0.3, -0.25) is 0 Å². The molecule has 3 heterocycles. The van der Waals surface area contributed by atoms with Crippen LogP contribution in [0, 0.1) is 0 Å². The van der Waals surface area contributed by atoms with Gasteiger partial charge in [0.2, 0.25) is 0 Å².